The normalized spacial score (nSPS) is 17.5. The van der Waals surface area contributed by atoms with Gasteiger partial charge in [-0.1, -0.05) is 29.8 Å². The zero-order valence-corrected chi connectivity index (χ0v) is 15.1. The Morgan fingerprint density at radius 2 is 1.73 bits per heavy atom. The Balaban J connectivity index is 1.51. The highest BCUT2D eigenvalue weighted by molar-refractivity contribution is 6.30. The monoisotopic (exact) mass is 373 g/mol. The van der Waals surface area contributed by atoms with Crippen LogP contribution in [0.2, 0.25) is 5.02 Å². The largest absolute Gasteiger partial charge is 0.385 e. The summed E-state index contributed by atoms with van der Waals surface area (Å²) in [4.78, 5) is 14.2. The highest BCUT2D eigenvalue weighted by Crippen LogP contribution is 2.33. The van der Waals surface area contributed by atoms with E-state index in [9.17, 15) is 14.3 Å². The maximum Gasteiger partial charge on any atom is 0.185 e. The van der Waals surface area contributed by atoms with E-state index in [2.05, 4.69) is 4.90 Å². The summed E-state index contributed by atoms with van der Waals surface area (Å²) in [7, 11) is 0. The number of piperidine rings is 1. The molecule has 2 aromatic rings. The van der Waals surface area contributed by atoms with Gasteiger partial charge in [-0.25, -0.2) is 4.39 Å². The van der Waals surface area contributed by atoms with Crippen molar-refractivity contribution in [1.29, 1.82) is 0 Å². The van der Waals surface area contributed by atoms with Crippen molar-refractivity contribution >= 4 is 17.4 Å². The fourth-order valence-electron chi connectivity index (χ4n) is 3.17. The number of nitrogens with zero attached hydrogens (tertiary/aromatic N) is 1. The molecule has 136 valence electrons. The minimum absolute atomic E-state index is 0.139. The molecule has 0 aromatic heterocycles. The SMILES string of the molecule is O=C(/C=C/CN1CCC(O)(c2ccc(Cl)cc2)CC1)c1ccc(F)cc1. The van der Waals surface area contributed by atoms with E-state index in [-0.39, 0.29) is 11.6 Å². The molecule has 0 radical (unpaired) electrons. The number of benzene rings is 2. The molecule has 1 aliphatic heterocycles. The number of ketones is 1. The lowest BCUT2D eigenvalue weighted by Gasteiger charge is -2.38. The molecule has 0 saturated carbocycles. The summed E-state index contributed by atoms with van der Waals surface area (Å²) in [6.07, 6.45) is 4.61. The minimum Gasteiger partial charge on any atom is -0.385 e. The van der Waals surface area contributed by atoms with Gasteiger partial charge in [0.25, 0.3) is 0 Å². The van der Waals surface area contributed by atoms with Crippen molar-refractivity contribution in [3.05, 3.63) is 82.6 Å². The van der Waals surface area contributed by atoms with Gasteiger partial charge in [-0.3, -0.25) is 9.69 Å². The fraction of sp³-hybridized carbons (Fsp3) is 0.286. The molecule has 0 aliphatic carbocycles. The molecule has 3 nitrogen and oxygen atoms in total. The molecule has 0 bridgehead atoms. The number of hydrogen-bond acceptors (Lipinski definition) is 3. The van der Waals surface area contributed by atoms with E-state index in [0.717, 1.165) is 18.7 Å². The van der Waals surface area contributed by atoms with Crippen molar-refractivity contribution < 1.29 is 14.3 Å². The van der Waals surface area contributed by atoms with Gasteiger partial charge in [0, 0.05) is 30.2 Å². The molecular weight excluding hydrogens is 353 g/mol. The molecule has 0 atom stereocenters. The number of carbonyl (C=O) groups is 1. The Labute approximate surface area is 157 Å². The van der Waals surface area contributed by atoms with Crippen LogP contribution in [0.15, 0.2) is 60.7 Å². The van der Waals surface area contributed by atoms with Crippen molar-refractivity contribution in [2.75, 3.05) is 19.6 Å². The summed E-state index contributed by atoms with van der Waals surface area (Å²) >= 11 is 5.91. The lowest BCUT2D eigenvalue weighted by Crippen LogP contribution is -2.42. The van der Waals surface area contributed by atoms with Crippen LogP contribution in [0.1, 0.15) is 28.8 Å². The van der Waals surface area contributed by atoms with Crippen LogP contribution in [-0.4, -0.2) is 35.4 Å². The van der Waals surface area contributed by atoms with E-state index < -0.39 is 5.60 Å². The van der Waals surface area contributed by atoms with E-state index in [1.54, 1.807) is 12.1 Å². The Kier molecular flexibility index (Phi) is 5.87. The van der Waals surface area contributed by atoms with Crippen LogP contribution in [0.3, 0.4) is 0 Å². The van der Waals surface area contributed by atoms with Crippen molar-refractivity contribution in [2.24, 2.45) is 0 Å². The minimum atomic E-state index is -0.825. The van der Waals surface area contributed by atoms with Crippen molar-refractivity contribution in [3.8, 4) is 0 Å². The highest BCUT2D eigenvalue weighted by atomic mass is 35.5. The third-order valence-corrected chi connectivity index (χ3v) is 5.08. The highest BCUT2D eigenvalue weighted by Gasteiger charge is 2.33. The first-order chi connectivity index (χ1) is 12.5. The van der Waals surface area contributed by atoms with Crippen molar-refractivity contribution in [3.63, 3.8) is 0 Å². The van der Waals surface area contributed by atoms with Crippen molar-refractivity contribution in [1.82, 2.24) is 4.90 Å². The van der Waals surface area contributed by atoms with E-state index >= 15 is 0 Å². The number of likely N-dealkylation sites (tertiary alicyclic amines) is 1. The molecule has 1 heterocycles. The summed E-state index contributed by atoms with van der Waals surface area (Å²) < 4.78 is 12.9. The average molecular weight is 374 g/mol. The molecule has 0 amide bonds. The van der Waals surface area contributed by atoms with Gasteiger partial charge in [-0.15, -0.1) is 0 Å². The first-order valence-corrected chi connectivity index (χ1v) is 9.01. The van der Waals surface area contributed by atoms with Gasteiger partial charge >= 0.3 is 0 Å². The topological polar surface area (TPSA) is 40.5 Å². The second-order valence-corrected chi connectivity index (χ2v) is 7.05. The number of rotatable bonds is 5. The van der Waals surface area contributed by atoms with Gasteiger partial charge in [0.1, 0.15) is 5.82 Å². The summed E-state index contributed by atoms with van der Waals surface area (Å²) in [5, 5.41) is 11.5. The zero-order chi connectivity index (χ0) is 18.6. The third kappa shape index (κ3) is 4.58. The molecule has 26 heavy (non-hydrogen) atoms. The quantitative estimate of drug-likeness (QED) is 0.630. The molecular formula is C21H21ClFNO2. The van der Waals surface area contributed by atoms with E-state index in [1.807, 2.05) is 18.2 Å². The molecule has 1 fully saturated rings. The van der Waals surface area contributed by atoms with Crippen LogP contribution in [-0.2, 0) is 5.60 Å². The van der Waals surface area contributed by atoms with Crippen molar-refractivity contribution in [2.45, 2.75) is 18.4 Å². The van der Waals surface area contributed by atoms with E-state index in [4.69, 9.17) is 11.6 Å². The van der Waals surface area contributed by atoms with E-state index in [1.165, 1.54) is 30.3 Å². The predicted molar refractivity (Wildman–Crippen MR) is 101 cm³/mol. The number of allylic oxidation sites excluding steroid dienone is 1. The second-order valence-electron chi connectivity index (χ2n) is 6.61. The zero-order valence-electron chi connectivity index (χ0n) is 14.4. The number of aliphatic hydroxyl groups is 1. The Morgan fingerprint density at radius 1 is 1.12 bits per heavy atom. The number of carbonyl (C=O) groups excluding carboxylic acids is 1. The van der Waals surface area contributed by atoms with Crippen LogP contribution in [0, 0.1) is 5.82 Å². The summed E-state index contributed by atoms with van der Waals surface area (Å²) in [6.45, 7) is 2.13. The Bertz CT molecular complexity index is 779. The molecule has 1 aliphatic rings. The maximum absolute atomic E-state index is 12.9. The van der Waals surface area contributed by atoms with Crippen LogP contribution in [0.5, 0.6) is 0 Å². The standard InChI is InChI=1S/C21H21ClFNO2/c22-18-7-5-17(6-8-18)21(26)11-14-24(15-12-21)13-1-2-20(25)16-3-9-19(23)10-4-16/h1-10,26H,11-15H2/b2-1+. The summed E-state index contributed by atoms with van der Waals surface area (Å²) in [5.74, 6) is -0.494. The summed E-state index contributed by atoms with van der Waals surface area (Å²) in [5.41, 5.74) is 0.538. The molecule has 2 aromatic carbocycles. The molecule has 0 unspecified atom stereocenters. The predicted octanol–water partition coefficient (Wildman–Crippen LogP) is 4.20. The fourth-order valence-corrected chi connectivity index (χ4v) is 3.30. The Hall–Kier alpha value is -2.01. The van der Waals surface area contributed by atoms with Crippen LogP contribution in [0.4, 0.5) is 4.39 Å². The summed E-state index contributed by atoms with van der Waals surface area (Å²) in [6, 6.07) is 12.9. The molecule has 0 spiro atoms. The second kappa shape index (κ2) is 8.12. The lowest BCUT2D eigenvalue weighted by atomic mass is 9.84. The molecule has 1 saturated heterocycles. The lowest BCUT2D eigenvalue weighted by molar-refractivity contribution is -0.0234. The first-order valence-electron chi connectivity index (χ1n) is 8.63. The van der Waals surface area contributed by atoms with Crippen LogP contribution >= 0.6 is 11.6 Å². The van der Waals surface area contributed by atoms with Gasteiger partial charge in [0.15, 0.2) is 5.78 Å². The van der Waals surface area contributed by atoms with Gasteiger partial charge in [-0.05, 0) is 60.9 Å². The van der Waals surface area contributed by atoms with Gasteiger partial charge in [0.2, 0.25) is 0 Å². The third-order valence-electron chi connectivity index (χ3n) is 4.83. The van der Waals surface area contributed by atoms with Crippen LogP contribution < -0.4 is 0 Å². The van der Waals surface area contributed by atoms with Gasteiger partial charge in [0.05, 0.1) is 5.60 Å². The Morgan fingerprint density at radius 3 is 2.35 bits per heavy atom. The maximum atomic E-state index is 12.9. The molecule has 5 heteroatoms. The van der Waals surface area contributed by atoms with Crippen LogP contribution in [0.25, 0.3) is 0 Å². The van der Waals surface area contributed by atoms with E-state index in [0.29, 0.717) is 30.0 Å². The van der Waals surface area contributed by atoms with Gasteiger partial charge in [-0.2, -0.15) is 0 Å². The average Bonchev–Trinajstić information content (AvgIpc) is 2.64. The number of halogens is 2. The first kappa shape index (κ1) is 18.8. The smallest absolute Gasteiger partial charge is 0.185 e. The molecule has 3 rings (SSSR count). The number of hydrogen-bond donors (Lipinski definition) is 1. The van der Waals surface area contributed by atoms with Gasteiger partial charge < -0.3 is 5.11 Å². The molecule has 1 N–H and O–H groups in total.